The van der Waals surface area contributed by atoms with E-state index in [1.165, 1.54) is 11.1 Å². The molecule has 2 nitrogen and oxygen atoms in total. The van der Waals surface area contributed by atoms with Crippen molar-refractivity contribution < 1.29 is 4.79 Å². The summed E-state index contributed by atoms with van der Waals surface area (Å²) in [6.45, 7) is 10.9. The van der Waals surface area contributed by atoms with Crippen LogP contribution in [-0.2, 0) is 0 Å². The fourth-order valence-corrected chi connectivity index (χ4v) is 1.86. The van der Waals surface area contributed by atoms with Gasteiger partial charge in [-0.25, -0.2) is 0 Å². The number of ketones is 1. The first kappa shape index (κ1) is 12.9. The Balaban J connectivity index is 3.04. The summed E-state index contributed by atoms with van der Waals surface area (Å²) in [4.78, 5) is 12.2. The summed E-state index contributed by atoms with van der Waals surface area (Å²) in [5, 5.41) is 3.16. The maximum Gasteiger partial charge on any atom is 0.179 e. The number of hydrogen-bond donors (Lipinski definition) is 1. The number of benzene rings is 1. The van der Waals surface area contributed by atoms with Crippen LogP contribution in [0.2, 0.25) is 0 Å². The summed E-state index contributed by atoms with van der Waals surface area (Å²) in [7, 11) is 0. The van der Waals surface area contributed by atoms with Crippen LogP contribution in [0.15, 0.2) is 12.1 Å². The SMILES string of the molecule is CCNC(C)C(=O)c1cc(C)c(C)cc1C. The van der Waals surface area contributed by atoms with E-state index in [2.05, 4.69) is 18.3 Å². The van der Waals surface area contributed by atoms with Gasteiger partial charge in [0.25, 0.3) is 0 Å². The molecule has 0 amide bonds. The molecule has 1 aromatic carbocycles. The first-order chi connectivity index (χ1) is 7.47. The average molecular weight is 219 g/mol. The van der Waals surface area contributed by atoms with Crippen LogP contribution in [0.25, 0.3) is 0 Å². The second kappa shape index (κ2) is 5.26. The minimum absolute atomic E-state index is 0.106. The highest BCUT2D eigenvalue weighted by atomic mass is 16.1. The quantitative estimate of drug-likeness (QED) is 0.789. The van der Waals surface area contributed by atoms with E-state index in [-0.39, 0.29) is 11.8 Å². The molecule has 0 aliphatic carbocycles. The summed E-state index contributed by atoms with van der Waals surface area (Å²) < 4.78 is 0. The van der Waals surface area contributed by atoms with Gasteiger partial charge in [-0.1, -0.05) is 13.0 Å². The van der Waals surface area contributed by atoms with Crippen molar-refractivity contribution >= 4 is 5.78 Å². The summed E-state index contributed by atoms with van der Waals surface area (Å²) in [5.41, 5.74) is 4.33. The number of hydrogen-bond acceptors (Lipinski definition) is 2. The minimum Gasteiger partial charge on any atom is -0.308 e. The highest BCUT2D eigenvalue weighted by molar-refractivity contribution is 6.01. The number of Topliss-reactive ketones (excluding diaryl/α,β-unsaturated/α-hetero) is 1. The maximum absolute atomic E-state index is 12.2. The zero-order valence-electron chi connectivity index (χ0n) is 10.8. The van der Waals surface area contributed by atoms with E-state index in [1.54, 1.807) is 0 Å². The van der Waals surface area contributed by atoms with Crippen LogP contribution in [0, 0.1) is 20.8 Å². The molecule has 0 bridgehead atoms. The van der Waals surface area contributed by atoms with E-state index >= 15 is 0 Å². The van der Waals surface area contributed by atoms with Gasteiger partial charge in [-0.3, -0.25) is 4.79 Å². The smallest absolute Gasteiger partial charge is 0.179 e. The lowest BCUT2D eigenvalue weighted by atomic mass is 9.95. The van der Waals surface area contributed by atoms with Gasteiger partial charge < -0.3 is 5.32 Å². The van der Waals surface area contributed by atoms with Crippen LogP contribution >= 0.6 is 0 Å². The van der Waals surface area contributed by atoms with Gasteiger partial charge in [0.15, 0.2) is 5.78 Å². The van der Waals surface area contributed by atoms with Crippen LogP contribution in [-0.4, -0.2) is 18.4 Å². The predicted octanol–water partition coefficient (Wildman–Crippen LogP) is 2.79. The molecule has 0 aromatic heterocycles. The molecule has 0 aliphatic heterocycles. The van der Waals surface area contributed by atoms with Gasteiger partial charge in [-0.05, 0) is 57.0 Å². The van der Waals surface area contributed by atoms with Crippen molar-refractivity contribution in [1.29, 1.82) is 0 Å². The van der Waals surface area contributed by atoms with Crippen molar-refractivity contribution in [3.63, 3.8) is 0 Å². The van der Waals surface area contributed by atoms with E-state index in [9.17, 15) is 4.79 Å². The second-order valence-corrected chi connectivity index (χ2v) is 4.40. The summed E-state index contributed by atoms with van der Waals surface area (Å²) in [5.74, 6) is 0.183. The highest BCUT2D eigenvalue weighted by Gasteiger charge is 2.16. The molecule has 0 saturated heterocycles. The monoisotopic (exact) mass is 219 g/mol. The van der Waals surface area contributed by atoms with Gasteiger partial charge in [0, 0.05) is 5.56 Å². The molecule has 1 unspecified atom stereocenters. The Morgan fingerprint density at radius 3 is 2.31 bits per heavy atom. The Bertz CT molecular complexity index is 396. The number of rotatable bonds is 4. The minimum atomic E-state index is -0.106. The molecule has 1 aromatic rings. The molecule has 0 saturated carbocycles. The number of carbonyl (C=O) groups is 1. The fourth-order valence-electron chi connectivity index (χ4n) is 1.86. The third-order valence-corrected chi connectivity index (χ3v) is 3.01. The molecule has 1 rings (SSSR count). The first-order valence-electron chi connectivity index (χ1n) is 5.82. The molecular formula is C14H21NO. The van der Waals surface area contributed by atoms with Crippen molar-refractivity contribution in [2.24, 2.45) is 0 Å². The van der Waals surface area contributed by atoms with Gasteiger partial charge in [0.2, 0.25) is 0 Å². The maximum atomic E-state index is 12.2. The Morgan fingerprint density at radius 2 is 1.75 bits per heavy atom. The first-order valence-corrected chi connectivity index (χ1v) is 5.82. The molecule has 1 N–H and O–H groups in total. The predicted molar refractivity (Wildman–Crippen MR) is 68.1 cm³/mol. The Morgan fingerprint density at radius 1 is 1.19 bits per heavy atom. The second-order valence-electron chi connectivity index (χ2n) is 4.40. The van der Waals surface area contributed by atoms with Crippen molar-refractivity contribution in [2.45, 2.75) is 40.7 Å². The van der Waals surface area contributed by atoms with E-state index in [1.807, 2.05) is 33.8 Å². The summed E-state index contributed by atoms with van der Waals surface area (Å²) >= 11 is 0. The van der Waals surface area contributed by atoms with Crippen molar-refractivity contribution in [3.8, 4) is 0 Å². The van der Waals surface area contributed by atoms with Gasteiger partial charge in [0.05, 0.1) is 6.04 Å². The molecule has 1 atom stereocenters. The van der Waals surface area contributed by atoms with Gasteiger partial charge in [0.1, 0.15) is 0 Å². The van der Waals surface area contributed by atoms with E-state index in [0.717, 1.165) is 17.7 Å². The molecular weight excluding hydrogens is 198 g/mol. The van der Waals surface area contributed by atoms with Crippen LogP contribution < -0.4 is 5.32 Å². The van der Waals surface area contributed by atoms with Crippen molar-refractivity contribution in [1.82, 2.24) is 5.32 Å². The number of nitrogens with one attached hydrogen (secondary N) is 1. The molecule has 0 radical (unpaired) electrons. The molecule has 0 heterocycles. The molecule has 2 heteroatoms. The summed E-state index contributed by atoms with van der Waals surface area (Å²) in [6, 6.07) is 3.98. The van der Waals surface area contributed by atoms with Gasteiger partial charge >= 0.3 is 0 Å². The van der Waals surface area contributed by atoms with E-state index in [4.69, 9.17) is 0 Å². The third-order valence-electron chi connectivity index (χ3n) is 3.01. The Labute approximate surface area is 98.1 Å². The Kier molecular flexibility index (Phi) is 4.25. The zero-order valence-corrected chi connectivity index (χ0v) is 10.8. The fraction of sp³-hybridized carbons (Fsp3) is 0.500. The number of likely N-dealkylation sites (N-methyl/N-ethyl adjacent to an activating group) is 1. The average Bonchev–Trinajstić information content (AvgIpc) is 2.23. The van der Waals surface area contributed by atoms with Crippen LogP contribution in [0.4, 0.5) is 0 Å². The zero-order chi connectivity index (χ0) is 12.3. The van der Waals surface area contributed by atoms with E-state index < -0.39 is 0 Å². The van der Waals surface area contributed by atoms with Crippen molar-refractivity contribution in [2.75, 3.05) is 6.54 Å². The largest absolute Gasteiger partial charge is 0.308 e. The van der Waals surface area contributed by atoms with Gasteiger partial charge in [-0.15, -0.1) is 0 Å². The lowest BCUT2D eigenvalue weighted by Gasteiger charge is -2.14. The van der Waals surface area contributed by atoms with Crippen LogP contribution in [0.3, 0.4) is 0 Å². The number of carbonyl (C=O) groups excluding carboxylic acids is 1. The number of aryl methyl sites for hydroxylation is 3. The van der Waals surface area contributed by atoms with Crippen molar-refractivity contribution in [3.05, 3.63) is 34.4 Å². The topological polar surface area (TPSA) is 29.1 Å². The van der Waals surface area contributed by atoms with Crippen LogP contribution in [0.5, 0.6) is 0 Å². The molecule has 16 heavy (non-hydrogen) atoms. The third kappa shape index (κ3) is 2.70. The van der Waals surface area contributed by atoms with Gasteiger partial charge in [-0.2, -0.15) is 0 Å². The standard InChI is InChI=1S/C14H21NO/c1-6-15-12(5)14(16)13-8-10(3)9(2)7-11(13)4/h7-8,12,15H,6H2,1-5H3. The van der Waals surface area contributed by atoms with Crippen LogP contribution in [0.1, 0.15) is 40.9 Å². The summed E-state index contributed by atoms with van der Waals surface area (Å²) in [6.07, 6.45) is 0. The molecule has 0 aliphatic rings. The molecule has 88 valence electrons. The van der Waals surface area contributed by atoms with E-state index in [0.29, 0.717) is 0 Å². The normalized spacial score (nSPS) is 12.6. The molecule has 0 spiro atoms. The lowest BCUT2D eigenvalue weighted by Crippen LogP contribution is -2.34. The highest BCUT2D eigenvalue weighted by Crippen LogP contribution is 2.16. The Hall–Kier alpha value is -1.15. The molecule has 0 fully saturated rings. The lowest BCUT2D eigenvalue weighted by molar-refractivity contribution is 0.0951.